The van der Waals surface area contributed by atoms with Crippen LogP contribution in [0.1, 0.15) is 27.2 Å². The second-order valence-electron chi connectivity index (χ2n) is 7.06. The van der Waals surface area contributed by atoms with Crippen LogP contribution in [0.15, 0.2) is 30.3 Å². The Bertz CT molecular complexity index is 729. The number of nitrogens with one attached hydrogen (secondary N) is 1. The lowest BCUT2D eigenvalue weighted by molar-refractivity contribution is -0.144. The number of carboxylic acids is 1. The first kappa shape index (κ1) is 23.9. The molecule has 0 radical (unpaired) electrons. The van der Waals surface area contributed by atoms with Crippen LogP contribution < -0.4 is 10.2 Å². The number of aliphatic carboxylic acids is 1. The van der Waals surface area contributed by atoms with E-state index in [4.69, 9.17) is 4.74 Å². The summed E-state index contributed by atoms with van der Waals surface area (Å²) in [4.78, 5) is 49.6. The Kier molecular flexibility index (Phi) is 8.58. The van der Waals surface area contributed by atoms with E-state index in [1.807, 2.05) is 0 Å². The molecule has 0 bridgehead atoms. The van der Waals surface area contributed by atoms with Crippen LogP contribution in [0.4, 0.5) is 10.5 Å². The Balaban J connectivity index is 3.30. The molecule has 1 aromatic carbocycles. The van der Waals surface area contributed by atoms with Crippen molar-refractivity contribution in [2.45, 2.75) is 44.9 Å². The lowest BCUT2D eigenvalue weighted by Gasteiger charge is -2.32. The van der Waals surface area contributed by atoms with E-state index in [-0.39, 0.29) is 5.69 Å². The molecule has 2 atom stereocenters. The fourth-order valence-corrected chi connectivity index (χ4v) is 2.44. The fraction of sp³-hybridized carbons (Fsp3) is 0.474. The van der Waals surface area contributed by atoms with Crippen molar-refractivity contribution in [1.82, 2.24) is 5.32 Å². The zero-order valence-corrected chi connectivity index (χ0v) is 16.7. The van der Waals surface area contributed by atoms with Crippen LogP contribution in [0.5, 0.6) is 0 Å². The minimum Gasteiger partial charge on any atom is -0.481 e. The summed E-state index contributed by atoms with van der Waals surface area (Å²) in [6.45, 7) is 4.04. The van der Waals surface area contributed by atoms with Crippen LogP contribution in [0.3, 0.4) is 0 Å². The summed E-state index contributed by atoms with van der Waals surface area (Å²) < 4.78 is 9.73. The number of hydrogen-bond donors (Lipinski definition) is 3. The number of hydrogen-bond acceptors (Lipinski definition) is 7. The number of methoxy groups -OCH3 is 1. The lowest BCUT2D eigenvalue weighted by atomic mass is 10.1. The molecule has 10 nitrogen and oxygen atoms in total. The van der Waals surface area contributed by atoms with E-state index in [1.165, 1.54) is 12.1 Å². The quantitative estimate of drug-likeness (QED) is 0.537. The maximum atomic E-state index is 13.2. The third kappa shape index (κ3) is 7.41. The molecule has 0 fully saturated rings. The minimum absolute atomic E-state index is 0.211. The highest BCUT2D eigenvalue weighted by Crippen LogP contribution is 2.20. The van der Waals surface area contributed by atoms with Gasteiger partial charge in [-0.2, -0.15) is 0 Å². The highest BCUT2D eigenvalue weighted by Gasteiger charge is 2.37. The van der Waals surface area contributed by atoms with Crippen LogP contribution in [0, 0.1) is 0 Å². The van der Waals surface area contributed by atoms with Gasteiger partial charge in [0.2, 0.25) is 0 Å². The van der Waals surface area contributed by atoms with Crippen molar-refractivity contribution in [3.8, 4) is 0 Å². The summed E-state index contributed by atoms with van der Waals surface area (Å²) in [7, 11) is 1.09. The molecule has 2 unspecified atom stereocenters. The Morgan fingerprint density at radius 1 is 1.14 bits per heavy atom. The number of esters is 1. The average molecular weight is 410 g/mol. The van der Waals surface area contributed by atoms with Crippen molar-refractivity contribution in [3.63, 3.8) is 0 Å². The molecule has 0 spiro atoms. The molecule has 0 aromatic heterocycles. The molecule has 160 valence electrons. The van der Waals surface area contributed by atoms with E-state index in [2.05, 4.69) is 10.1 Å². The molecule has 3 N–H and O–H groups in total. The van der Waals surface area contributed by atoms with Crippen molar-refractivity contribution >= 4 is 29.6 Å². The van der Waals surface area contributed by atoms with Gasteiger partial charge in [-0.3, -0.25) is 14.5 Å². The summed E-state index contributed by atoms with van der Waals surface area (Å²) in [6, 6.07) is 4.85. The predicted octanol–water partition coefficient (Wildman–Crippen LogP) is 0.921. The molecule has 0 aliphatic heterocycles. The number of anilines is 1. The molecule has 2 amide bonds. The topological polar surface area (TPSA) is 142 Å². The van der Waals surface area contributed by atoms with E-state index in [1.54, 1.807) is 39.0 Å². The van der Waals surface area contributed by atoms with Gasteiger partial charge in [0.05, 0.1) is 20.1 Å². The summed E-state index contributed by atoms with van der Waals surface area (Å²) >= 11 is 0. The number of para-hydroxylation sites is 1. The van der Waals surface area contributed by atoms with Gasteiger partial charge in [-0.05, 0) is 32.9 Å². The number of aliphatic hydroxyl groups is 1. The molecular weight excluding hydrogens is 384 g/mol. The van der Waals surface area contributed by atoms with Gasteiger partial charge in [-0.15, -0.1) is 0 Å². The highest BCUT2D eigenvalue weighted by molar-refractivity contribution is 6.04. The van der Waals surface area contributed by atoms with E-state index < -0.39 is 54.7 Å². The Morgan fingerprint density at radius 3 is 2.17 bits per heavy atom. The highest BCUT2D eigenvalue weighted by atomic mass is 16.6. The molecule has 1 rings (SSSR count). The molecule has 0 saturated heterocycles. The number of amides is 2. The number of ether oxygens (including phenoxy) is 2. The normalized spacial score (nSPS) is 13.0. The summed E-state index contributed by atoms with van der Waals surface area (Å²) in [5, 5.41) is 21.1. The van der Waals surface area contributed by atoms with Gasteiger partial charge < -0.3 is 25.0 Å². The SMILES string of the molecule is COC(=O)C(CO)N(C(=O)C(CC(=O)O)NC(=O)OC(C)(C)C)c1ccccc1. The van der Waals surface area contributed by atoms with Crippen LogP contribution in [0.25, 0.3) is 0 Å². The fourth-order valence-electron chi connectivity index (χ4n) is 2.44. The third-order valence-electron chi connectivity index (χ3n) is 3.60. The van der Waals surface area contributed by atoms with Gasteiger partial charge in [-0.1, -0.05) is 18.2 Å². The number of rotatable bonds is 8. The Labute approximate surface area is 168 Å². The first-order valence-electron chi connectivity index (χ1n) is 8.78. The van der Waals surface area contributed by atoms with Crippen molar-refractivity contribution in [3.05, 3.63) is 30.3 Å². The minimum atomic E-state index is -1.55. The lowest BCUT2D eigenvalue weighted by Crippen LogP contribution is -2.56. The van der Waals surface area contributed by atoms with Gasteiger partial charge in [0.25, 0.3) is 5.91 Å². The van der Waals surface area contributed by atoms with Crippen LogP contribution in [-0.4, -0.2) is 65.6 Å². The van der Waals surface area contributed by atoms with E-state index in [9.17, 15) is 29.4 Å². The predicted molar refractivity (Wildman–Crippen MR) is 102 cm³/mol. The zero-order chi connectivity index (χ0) is 22.2. The second kappa shape index (κ2) is 10.4. The molecule has 0 heterocycles. The van der Waals surface area contributed by atoms with E-state index in [0.717, 1.165) is 12.0 Å². The maximum absolute atomic E-state index is 13.2. The first-order valence-corrected chi connectivity index (χ1v) is 8.78. The Hall–Kier alpha value is -3.14. The third-order valence-corrected chi connectivity index (χ3v) is 3.60. The van der Waals surface area contributed by atoms with Crippen molar-refractivity contribution in [2.75, 3.05) is 18.6 Å². The van der Waals surface area contributed by atoms with Gasteiger partial charge in [0.15, 0.2) is 6.04 Å². The van der Waals surface area contributed by atoms with E-state index >= 15 is 0 Å². The van der Waals surface area contributed by atoms with Crippen LogP contribution >= 0.6 is 0 Å². The molecular formula is C19H26N2O8. The summed E-state index contributed by atoms with van der Waals surface area (Å²) in [6.07, 6.45) is -1.76. The molecule has 10 heteroatoms. The smallest absolute Gasteiger partial charge is 0.408 e. The largest absolute Gasteiger partial charge is 0.481 e. The Morgan fingerprint density at radius 2 is 1.72 bits per heavy atom. The van der Waals surface area contributed by atoms with Crippen molar-refractivity contribution < 1.29 is 38.9 Å². The van der Waals surface area contributed by atoms with Crippen molar-refractivity contribution in [1.29, 1.82) is 0 Å². The average Bonchev–Trinajstić information content (AvgIpc) is 2.63. The number of alkyl carbamates (subject to hydrolysis) is 1. The maximum Gasteiger partial charge on any atom is 0.408 e. The number of nitrogens with zero attached hydrogens (tertiary/aromatic N) is 1. The standard InChI is InChI=1S/C19H26N2O8/c1-19(2,3)29-18(27)20-13(10-15(23)24)16(25)21(12-8-6-5-7-9-12)14(11-22)17(26)28-4/h5-9,13-14,22H,10-11H2,1-4H3,(H,20,27)(H,23,24). The van der Waals surface area contributed by atoms with Crippen molar-refractivity contribution in [2.24, 2.45) is 0 Å². The molecule has 0 aliphatic rings. The molecule has 1 aromatic rings. The molecule has 0 aliphatic carbocycles. The number of carbonyl (C=O) groups excluding carboxylic acids is 3. The summed E-state index contributed by atoms with van der Waals surface area (Å²) in [5.41, 5.74) is -0.664. The number of carboxylic acid groups (broad SMARTS) is 1. The van der Waals surface area contributed by atoms with Gasteiger partial charge >= 0.3 is 18.0 Å². The van der Waals surface area contributed by atoms with Crippen LogP contribution in [-0.2, 0) is 23.9 Å². The monoisotopic (exact) mass is 410 g/mol. The second-order valence-corrected chi connectivity index (χ2v) is 7.06. The van der Waals surface area contributed by atoms with Gasteiger partial charge in [0, 0.05) is 5.69 Å². The van der Waals surface area contributed by atoms with E-state index in [0.29, 0.717) is 0 Å². The number of benzene rings is 1. The van der Waals surface area contributed by atoms with Crippen LogP contribution in [0.2, 0.25) is 0 Å². The number of aliphatic hydroxyl groups excluding tert-OH is 1. The number of carbonyl (C=O) groups is 4. The van der Waals surface area contributed by atoms with Gasteiger partial charge in [-0.25, -0.2) is 9.59 Å². The first-order chi connectivity index (χ1) is 13.5. The van der Waals surface area contributed by atoms with Gasteiger partial charge in [0.1, 0.15) is 11.6 Å². The molecule has 0 saturated carbocycles. The molecule has 29 heavy (non-hydrogen) atoms. The summed E-state index contributed by atoms with van der Waals surface area (Å²) in [5.74, 6) is -3.18. The zero-order valence-electron chi connectivity index (χ0n) is 16.7.